The summed E-state index contributed by atoms with van der Waals surface area (Å²) in [6, 6.07) is 4.91. The highest BCUT2D eigenvalue weighted by atomic mass is 32.2. The number of carbonyl (C=O) groups is 1. The average Bonchev–Trinajstić information content (AvgIpc) is 2.49. The maximum atomic E-state index is 13.5. The number of nitrogens with zero attached hydrogens (tertiary/aromatic N) is 2. The molecule has 0 bridgehead atoms. The molecule has 6 heteroatoms. The Balaban J connectivity index is 2.06. The molecule has 1 N–H and O–H groups in total. The Morgan fingerprint density at radius 1 is 1.33 bits per heavy atom. The molecule has 0 saturated heterocycles. The molecule has 1 heterocycles. The van der Waals surface area contributed by atoms with E-state index >= 15 is 0 Å². The van der Waals surface area contributed by atoms with Gasteiger partial charge in [-0.1, -0.05) is 19.1 Å². The molecule has 1 aromatic heterocycles. The second-order valence-electron chi connectivity index (χ2n) is 4.41. The van der Waals surface area contributed by atoms with Gasteiger partial charge in [-0.25, -0.2) is 14.4 Å². The molecule has 0 atom stereocenters. The Kier molecular flexibility index (Phi) is 5.27. The monoisotopic (exact) mass is 305 g/mol. The van der Waals surface area contributed by atoms with E-state index in [1.807, 2.05) is 6.92 Å². The molecular weight excluding hydrogens is 289 g/mol. The number of halogens is 1. The summed E-state index contributed by atoms with van der Waals surface area (Å²) < 4.78 is 13.5. The zero-order chi connectivity index (χ0) is 15.2. The summed E-state index contributed by atoms with van der Waals surface area (Å²) >= 11 is 1.46. The highest BCUT2D eigenvalue weighted by molar-refractivity contribution is 7.99. The number of aryl methyl sites for hydroxylation is 1. The van der Waals surface area contributed by atoms with Gasteiger partial charge in [0.05, 0.1) is 0 Å². The van der Waals surface area contributed by atoms with Crippen LogP contribution in [0.25, 0.3) is 0 Å². The van der Waals surface area contributed by atoms with Crippen LogP contribution in [-0.2, 0) is 6.54 Å². The Labute approximate surface area is 127 Å². The van der Waals surface area contributed by atoms with Gasteiger partial charge in [0, 0.05) is 18.9 Å². The fraction of sp³-hybridized carbons (Fsp3) is 0.267. The maximum Gasteiger partial charge on any atom is 0.272 e. The first-order valence-corrected chi connectivity index (χ1v) is 7.57. The first-order chi connectivity index (χ1) is 10.1. The van der Waals surface area contributed by atoms with E-state index in [-0.39, 0.29) is 18.3 Å². The smallest absolute Gasteiger partial charge is 0.272 e. The zero-order valence-electron chi connectivity index (χ0n) is 11.9. The van der Waals surface area contributed by atoms with Gasteiger partial charge in [-0.05, 0) is 29.9 Å². The molecule has 21 heavy (non-hydrogen) atoms. The standard InChI is InChI=1S/C15H16FN3OS/c1-3-21-15-13(17-6-7-18-15)14(20)19-9-11-5-4-10(2)12(16)8-11/h4-8H,3,9H2,1-2H3,(H,19,20). The topological polar surface area (TPSA) is 54.9 Å². The average molecular weight is 305 g/mol. The van der Waals surface area contributed by atoms with Crippen molar-refractivity contribution in [3.05, 3.63) is 53.2 Å². The van der Waals surface area contributed by atoms with Crippen LogP contribution in [0.4, 0.5) is 4.39 Å². The van der Waals surface area contributed by atoms with E-state index in [1.165, 1.54) is 24.0 Å². The Hall–Kier alpha value is -1.95. The van der Waals surface area contributed by atoms with Crippen molar-refractivity contribution in [2.45, 2.75) is 25.4 Å². The predicted octanol–water partition coefficient (Wildman–Crippen LogP) is 2.97. The minimum absolute atomic E-state index is 0.253. The van der Waals surface area contributed by atoms with Crippen LogP contribution in [0.2, 0.25) is 0 Å². The normalized spacial score (nSPS) is 10.4. The van der Waals surface area contributed by atoms with E-state index < -0.39 is 0 Å². The first-order valence-electron chi connectivity index (χ1n) is 6.59. The number of carbonyl (C=O) groups excluding carboxylic acids is 1. The summed E-state index contributed by atoms with van der Waals surface area (Å²) in [5.41, 5.74) is 1.60. The number of rotatable bonds is 5. The number of thioether (sulfide) groups is 1. The van der Waals surface area contributed by atoms with Crippen molar-refractivity contribution in [1.29, 1.82) is 0 Å². The quantitative estimate of drug-likeness (QED) is 0.863. The van der Waals surface area contributed by atoms with Gasteiger partial charge >= 0.3 is 0 Å². The molecule has 0 aliphatic carbocycles. The maximum absolute atomic E-state index is 13.5. The van der Waals surface area contributed by atoms with E-state index in [0.29, 0.717) is 21.8 Å². The SMILES string of the molecule is CCSc1nccnc1C(=O)NCc1ccc(C)c(F)c1. The summed E-state index contributed by atoms with van der Waals surface area (Å²) in [6.07, 6.45) is 3.05. The number of amides is 1. The van der Waals surface area contributed by atoms with Crippen molar-refractivity contribution in [2.75, 3.05) is 5.75 Å². The molecule has 4 nitrogen and oxygen atoms in total. The van der Waals surface area contributed by atoms with Crippen molar-refractivity contribution in [3.8, 4) is 0 Å². The molecule has 2 rings (SSSR count). The summed E-state index contributed by atoms with van der Waals surface area (Å²) in [7, 11) is 0. The zero-order valence-corrected chi connectivity index (χ0v) is 12.7. The molecule has 0 saturated carbocycles. The summed E-state index contributed by atoms with van der Waals surface area (Å²) in [5, 5.41) is 3.34. The van der Waals surface area contributed by atoms with Crippen LogP contribution in [0.3, 0.4) is 0 Å². The van der Waals surface area contributed by atoms with Crippen molar-refractivity contribution >= 4 is 17.7 Å². The van der Waals surface area contributed by atoms with Crippen LogP contribution >= 0.6 is 11.8 Å². The van der Waals surface area contributed by atoms with Crippen LogP contribution < -0.4 is 5.32 Å². The highest BCUT2D eigenvalue weighted by Gasteiger charge is 2.13. The summed E-state index contributed by atoms with van der Waals surface area (Å²) in [4.78, 5) is 20.4. The van der Waals surface area contributed by atoms with Crippen LogP contribution in [0, 0.1) is 12.7 Å². The molecule has 1 amide bonds. The lowest BCUT2D eigenvalue weighted by molar-refractivity contribution is 0.0941. The van der Waals surface area contributed by atoms with Crippen molar-refractivity contribution in [1.82, 2.24) is 15.3 Å². The lowest BCUT2D eigenvalue weighted by Gasteiger charge is -2.08. The molecule has 2 aromatic rings. The fourth-order valence-electron chi connectivity index (χ4n) is 1.74. The number of nitrogens with one attached hydrogen (secondary N) is 1. The minimum atomic E-state index is -0.306. The van der Waals surface area contributed by atoms with Crippen molar-refractivity contribution in [3.63, 3.8) is 0 Å². The van der Waals surface area contributed by atoms with E-state index in [2.05, 4.69) is 15.3 Å². The van der Waals surface area contributed by atoms with Crippen LogP contribution in [0.15, 0.2) is 35.6 Å². The van der Waals surface area contributed by atoms with Gasteiger partial charge < -0.3 is 5.32 Å². The molecule has 0 fully saturated rings. The molecule has 0 unspecified atom stereocenters. The number of hydrogen-bond acceptors (Lipinski definition) is 4. The number of aromatic nitrogens is 2. The highest BCUT2D eigenvalue weighted by Crippen LogP contribution is 2.17. The summed E-state index contributed by atoms with van der Waals surface area (Å²) in [5.74, 6) is 0.228. The van der Waals surface area contributed by atoms with E-state index in [0.717, 1.165) is 5.75 Å². The summed E-state index contributed by atoms with van der Waals surface area (Å²) in [6.45, 7) is 3.93. The predicted molar refractivity (Wildman–Crippen MR) is 80.7 cm³/mol. The van der Waals surface area contributed by atoms with Crippen LogP contribution in [-0.4, -0.2) is 21.6 Å². The van der Waals surface area contributed by atoms with Crippen LogP contribution in [0.5, 0.6) is 0 Å². The van der Waals surface area contributed by atoms with Gasteiger partial charge in [0.15, 0.2) is 5.69 Å². The molecule has 0 aliphatic rings. The Bertz CT molecular complexity index is 649. The van der Waals surface area contributed by atoms with Crippen molar-refractivity contribution in [2.24, 2.45) is 0 Å². The van der Waals surface area contributed by atoms with E-state index in [1.54, 1.807) is 25.3 Å². The lowest BCUT2D eigenvalue weighted by Crippen LogP contribution is -2.24. The lowest BCUT2D eigenvalue weighted by atomic mass is 10.1. The Morgan fingerprint density at radius 3 is 2.81 bits per heavy atom. The fourth-order valence-corrected chi connectivity index (χ4v) is 2.43. The van der Waals surface area contributed by atoms with Gasteiger partial charge in [0.2, 0.25) is 0 Å². The third-order valence-corrected chi connectivity index (χ3v) is 3.71. The van der Waals surface area contributed by atoms with Gasteiger partial charge in [0.1, 0.15) is 10.8 Å². The first kappa shape index (κ1) is 15.4. The van der Waals surface area contributed by atoms with Crippen molar-refractivity contribution < 1.29 is 9.18 Å². The molecule has 0 spiro atoms. The molecular formula is C15H16FN3OS. The van der Waals surface area contributed by atoms with Gasteiger partial charge in [-0.3, -0.25) is 4.79 Å². The van der Waals surface area contributed by atoms with Gasteiger partial charge in [-0.2, -0.15) is 0 Å². The van der Waals surface area contributed by atoms with Gasteiger partial charge in [-0.15, -0.1) is 11.8 Å². The van der Waals surface area contributed by atoms with E-state index in [9.17, 15) is 9.18 Å². The molecule has 110 valence electrons. The molecule has 1 aromatic carbocycles. The largest absolute Gasteiger partial charge is 0.347 e. The third-order valence-electron chi connectivity index (χ3n) is 2.85. The molecule has 0 aliphatic heterocycles. The third kappa shape index (κ3) is 4.01. The second-order valence-corrected chi connectivity index (χ2v) is 5.66. The number of hydrogen-bond donors (Lipinski definition) is 1. The number of benzene rings is 1. The molecule has 0 radical (unpaired) electrons. The minimum Gasteiger partial charge on any atom is -0.347 e. The second kappa shape index (κ2) is 7.17. The van der Waals surface area contributed by atoms with Gasteiger partial charge in [0.25, 0.3) is 5.91 Å². The van der Waals surface area contributed by atoms with Crippen LogP contribution in [0.1, 0.15) is 28.5 Å². The van der Waals surface area contributed by atoms with E-state index in [4.69, 9.17) is 0 Å². The Morgan fingerprint density at radius 2 is 2.10 bits per heavy atom.